The summed E-state index contributed by atoms with van der Waals surface area (Å²) >= 11 is 0. The van der Waals surface area contributed by atoms with Crippen LogP contribution in [0.4, 0.5) is 0 Å². The first-order chi connectivity index (χ1) is 7.65. The van der Waals surface area contributed by atoms with Crippen LogP contribution in [0.5, 0.6) is 0 Å². The highest BCUT2D eigenvalue weighted by Crippen LogP contribution is 2.47. The van der Waals surface area contributed by atoms with Gasteiger partial charge in [-0.2, -0.15) is 0 Å². The number of carbonyl (C=O) groups is 1. The van der Waals surface area contributed by atoms with Crippen molar-refractivity contribution in [1.82, 2.24) is 0 Å². The minimum Gasteiger partial charge on any atom is -0.481 e. The Morgan fingerprint density at radius 3 is 2.38 bits per heavy atom. The van der Waals surface area contributed by atoms with E-state index in [-0.39, 0.29) is 0 Å². The number of hydrogen-bond donors (Lipinski definition) is 1. The molecule has 0 atom stereocenters. The van der Waals surface area contributed by atoms with Gasteiger partial charge in [0.1, 0.15) is 0 Å². The van der Waals surface area contributed by atoms with Gasteiger partial charge in [0, 0.05) is 0 Å². The zero-order valence-corrected chi connectivity index (χ0v) is 9.44. The number of hydrogen-bond acceptors (Lipinski definition) is 1. The van der Waals surface area contributed by atoms with E-state index in [4.69, 9.17) is 0 Å². The van der Waals surface area contributed by atoms with Gasteiger partial charge in [0.2, 0.25) is 0 Å². The summed E-state index contributed by atoms with van der Waals surface area (Å²) in [5.41, 5.74) is 1.46. The summed E-state index contributed by atoms with van der Waals surface area (Å²) < 4.78 is 0. The molecule has 1 N–H and O–H groups in total. The second-order valence-corrected chi connectivity index (χ2v) is 4.48. The number of rotatable bonds is 3. The van der Waals surface area contributed by atoms with Gasteiger partial charge in [-0.1, -0.05) is 48.4 Å². The normalized spacial score (nSPS) is 18.9. The maximum atomic E-state index is 11.3. The molecule has 2 nitrogen and oxygen atoms in total. The number of aliphatic carboxylic acids is 1. The summed E-state index contributed by atoms with van der Waals surface area (Å²) in [5.74, 6) is -0.677. The molecule has 0 heterocycles. The van der Waals surface area contributed by atoms with E-state index in [0.717, 1.165) is 30.4 Å². The molecule has 0 radical (unpaired) electrons. The Morgan fingerprint density at radius 2 is 1.94 bits per heavy atom. The molecule has 0 aromatic heterocycles. The fourth-order valence-corrected chi connectivity index (χ4v) is 2.24. The minimum atomic E-state index is -0.677. The third-order valence-electron chi connectivity index (χ3n) is 3.55. The lowest BCUT2D eigenvalue weighted by Crippen LogP contribution is -2.38. The summed E-state index contributed by atoms with van der Waals surface area (Å²) in [7, 11) is 0. The summed E-state index contributed by atoms with van der Waals surface area (Å²) in [6.07, 6.45) is 4.56. The van der Waals surface area contributed by atoms with Crippen molar-refractivity contribution in [3.8, 4) is 0 Å². The zero-order valence-electron chi connectivity index (χ0n) is 9.44. The highest BCUT2D eigenvalue weighted by atomic mass is 16.4. The molecule has 16 heavy (non-hydrogen) atoms. The van der Waals surface area contributed by atoms with Crippen LogP contribution in [0.2, 0.25) is 0 Å². The molecule has 0 amide bonds. The van der Waals surface area contributed by atoms with E-state index < -0.39 is 11.4 Å². The van der Waals surface area contributed by atoms with Crippen molar-refractivity contribution in [2.24, 2.45) is 5.41 Å². The van der Waals surface area contributed by atoms with Gasteiger partial charge in [-0.25, -0.2) is 0 Å². The third kappa shape index (κ3) is 1.75. The molecule has 84 valence electrons. The van der Waals surface area contributed by atoms with Gasteiger partial charge >= 0.3 is 5.97 Å². The molecule has 1 fully saturated rings. The highest BCUT2D eigenvalue weighted by molar-refractivity contribution is 5.81. The Morgan fingerprint density at radius 1 is 1.31 bits per heavy atom. The first-order valence-corrected chi connectivity index (χ1v) is 5.62. The van der Waals surface area contributed by atoms with Crippen molar-refractivity contribution in [3.63, 3.8) is 0 Å². The molecule has 1 aromatic rings. The molecule has 2 heteroatoms. The molecule has 1 aliphatic carbocycles. The maximum Gasteiger partial charge on any atom is 0.313 e. The van der Waals surface area contributed by atoms with Crippen molar-refractivity contribution >= 4 is 12.0 Å². The van der Waals surface area contributed by atoms with Gasteiger partial charge in [-0.15, -0.1) is 0 Å². The topological polar surface area (TPSA) is 37.3 Å². The van der Waals surface area contributed by atoms with Gasteiger partial charge in [0.15, 0.2) is 0 Å². The van der Waals surface area contributed by atoms with Crippen LogP contribution in [0.15, 0.2) is 35.9 Å². The van der Waals surface area contributed by atoms with E-state index in [1.54, 1.807) is 0 Å². The Balaban J connectivity index is 2.28. The van der Waals surface area contributed by atoms with E-state index in [2.05, 4.69) is 0 Å². The average molecular weight is 216 g/mol. The standard InChI is InChI=1S/C14H16O2/c1-11(10-12-6-3-2-4-7-12)14(13(15)16)8-5-9-14/h2-4,6-7,10H,5,8-9H2,1H3,(H,15,16)/b11-10+. The van der Waals surface area contributed by atoms with Crippen LogP contribution in [0.25, 0.3) is 6.08 Å². The summed E-state index contributed by atoms with van der Waals surface area (Å²) in [5, 5.41) is 9.29. The van der Waals surface area contributed by atoms with Gasteiger partial charge in [0.25, 0.3) is 0 Å². The molecule has 0 spiro atoms. The van der Waals surface area contributed by atoms with E-state index in [1.165, 1.54) is 0 Å². The number of benzene rings is 1. The van der Waals surface area contributed by atoms with Crippen molar-refractivity contribution < 1.29 is 9.90 Å². The van der Waals surface area contributed by atoms with Crippen LogP contribution in [0.1, 0.15) is 31.7 Å². The SMILES string of the molecule is C/C(=C\c1ccccc1)C1(C(=O)O)CCC1. The van der Waals surface area contributed by atoms with Crippen molar-refractivity contribution in [1.29, 1.82) is 0 Å². The second kappa shape index (κ2) is 4.12. The number of carboxylic acids is 1. The van der Waals surface area contributed by atoms with Gasteiger partial charge < -0.3 is 5.11 Å². The van der Waals surface area contributed by atoms with E-state index in [1.807, 2.05) is 43.3 Å². The summed E-state index contributed by atoms with van der Waals surface area (Å²) in [4.78, 5) is 11.3. The van der Waals surface area contributed by atoms with Crippen LogP contribution in [0, 0.1) is 5.41 Å². The van der Waals surface area contributed by atoms with Crippen molar-refractivity contribution in [2.75, 3.05) is 0 Å². The molecule has 0 bridgehead atoms. The summed E-state index contributed by atoms with van der Waals surface area (Å²) in [6, 6.07) is 9.89. The Bertz CT molecular complexity index is 414. The van der Waals surface area contributed by atoms with E-state index in [0.29, 0.717) is 0 Å². The van der Waals surface area contributed by atoms with Crippen LogP contribution < -0.4 is 0 Å². The Hall–Kier alpha value is -1.57. The Kier molecular flexibility index (Phi) is 2.82. The van der Waals surface area contributed by atoms with Gasteiger partial charge in [0.05, 0.1) is 5.41 Å². The third-order valence-corrected chi connectivity index (χ3v) is 3.55. The quantitative estimate of drug-likeness (QED) is 0.841. The lowest BCUT2D eigenvalue weighted by Gasteiger charge is -2.38. The molecular weight excluding hydrogens is 200 g/mol. The molecule has 0 unspecified atom stereocenters. The molecule has 0 aliphatic heterocycles. The van der Waals surface area contributed by atoms with E-state index in [9.17, 15) is 9.90 Å². The lowest BCUT2D eigenvalue weighted by atomic mass is 9.64. The fraction of sp³-hybridized carbons (Fsp3) is 0.357. The van der Waals surface area contributed by atoms with Crippen LogP contribution in [0.3, 0.4) is 0 Å². The first kappa shape index (κ1) is 10.9. The Labute approximate surface area is 95.6 Å². The largest absolute Gasteiger partial charge is 0.481 e. The monoisotopic (exact) mass is 216 g/mol. The van der Waals surface area contributed by atoms with Crippen LogP contribution in [-0.2, 0) is 4.79 Å². The smallest absolute Gasteiger partial charge is 0.313 e. The van der Waals surface area contributed by atoms with Gasteiger partial charge in [-0.05, 0) is 25.3 Å². The van der Waals surface area contributed by atoms with Crippen LogP contribution in [-0.4, -0.2) is 11.1 Å². The number of carboxylic acid groups (broad SMARTS) is 1. The molecule has 1 saturated carbocycles. The lowest BCUT2D eigenvalue weighted by molar-refractivity contribution is -0.151. The predicted octanol–water partition coefficient (Wildman–Crippen LogP) is 3.34. The zero-order chi connectivity index (χ0) is 11.6. The van der Waals surface area contributed by atoms with Crippen molar-refractivity contribution in [2.45, 2.75) is 26.2 Å². The minimum absolute atomic E-state index is 0.587. The van der Waals surface area contributed by atoms with Crippen molar-refractivity contribution in [3.05, 3.63) is 41.5 Å². The van der Waals surface area contributed by atoms with Crippen LogP contribution >= 0.6 is 0 Å². The fourth-order valence-electron chi connectivity index (χ4n) is 2.24. The molecular formula is C14H16O2. The maximum absolute atomic E-state index is 11.3. The van der Waals surface area contributed by atoms with E-state index >= 15 is 0 Å². The second-order valence-electron chi connectivity index (χ2n) is 4.48. The average Bonchev–Trinajstić information content (AvgIpc) is 2.16. The molecule has 1 aromatic carbocycles. The highest BCUT2D eigenvalue weighted by Gasteiger charge is 2.45. The predicted molar refractivity (Wildman–Crippen MR) is 64.0 cm³/mol. The molecule has 0 saturated heterocycles. The first-order valence-electron chi connectivity index (χ1n) is 5.62. The molecule has 1 aliphatic rings. The van der Waals surface area contributed by atoms with Gasteiger partial charge in [-0.3, -0.25) is 4.79 Å². The molecule has 2 rings (SSSR count). The summed E-state index contributed by atoms with van der Waals surface area (Å²) in [6.45, 7) is 1.93.